The summed E-state index contributed by atoms with van der Waals surface area (Å²) >= 11 is 11.7. The van der Waals surface area contributed by atoms with Gasteiger partial charge < -0.3 is 9.47 Å². The normalized spacial score (nSPS) is 10.6. The first kappa shape index (κ1) is 18.1. The molecular formula is C17H16Cl2N2O3. The van der Waals surface area contributed by atoms with E-state index in [0.29, 0.717) is 33.7 Å². The van der Waals surface area contributed by atoms with Crippen LogP contribution in [0, 0.1) is 0 Å². The van der Waals surface area contributed by atoms with E-state index in [1.807, 2.05) is 6.92 Å². The highest BCUT2D eigenvalue weighted by atomic mass is 35.5. The lowest BCUT2D eigenvalue weighted by Gasteiger charge is -2.07. The van der Waals surface area contributed by atoms with Crippen molar-refractivity contribution in [2.45, 2.75) is 6.92 Å². The van der Waals surface area contributed by atoms with Gasteiger partial charge in [-0.2, -0.15) is 5.10 Å². The van der Waals surface area contributed by atoms with Gasteiger partial charge in [-0.3, -0.25) is 4.79 Å². The molecule has 0 spiro atoms. The number of nitrogens with zero attached hydrogens (tertiary/aromatic N) is 1. The summed E-state index contributed by atoms with van der Waals surface area (Å²) in [6.07, 6.45) is 1.47. The Kier molecular flexibility index (Phi) is 6.90. The number of benzene rings is 2. The van der Waals surface area contributed by atoms with Gasteiger partial charge in [0.1, 0.15) is 11.5 Å². The average Bonchev–Trinajstić information content (AvgIpc) is 2.57. The second-order valence-electron chi connectivity index (χ2n) is 4.65. The molecule has 0 unspecified atom stereocenters. The molecule has 2 aromatic carbocycles. The fourth-order valence-electron chi connectivity index (χ4n) is 1.79. The first-order chi connectivity index (χ1) is 11.6. The number of hydrazone groups is 1. The molecule has 0 aliphatic rings. The highest BCUT2D eigenvalue weighted by Gasteiger charge is 2.04. The molecule has 0 atom stereocenters. The summed E-state index contributed by atoms with van der Waals surface area (Å²) in [5.74, 6) is 0.797. The molecule has 0 bridgehead atoms. The van der Waals surface area contributed by atoms with Crippen LogP contribution in [0.2, 0.25) is 10.0 Å². The second kappa shape index (κ2) is 9.15. The molecule has 0 saturated heterocycles. The molecule has 0 aliphatic carbocycles. The predicted molar refractivity (Wildman–Crippen MR) is 95.3 cm³/mol. The Morgan fingerprint density at radius 1 is 1.12 bits per heavy atom. The molecule has 0 heterocycles. The van der Waals surface area contributed by atoms with Gasteiger partial charge in [-0.15, -0.1) is 0 Å². The van der Waals surface area contributed by atoms with Crippen molar-refractivity contribution in [2.24, 2.45) is 5.10 Å². The van der Waals surface area contributed by atoms with Crippen LogP contribution in [0.15, 0.2) is 47.6 Å². The zero-order chi connectivity index (χ0) is 17.4. The first-order valence-electron chi connectivity index (χ1n) is 7.21. The fraction of sp³-hybridized carbons (Fsp3) is 0.176. The van der Waals surface area contributed by atoms with Gasteiger partial charge in [0.15, 0.2) is 6.61 Å². The Morgan fingerprint density at radius 2 is 1.83 bits per heavy atom. The molecule has 0 fully saturated rings. The third-order valence-corrected chi connectivity index (χ3v) is 3.34. The molecule has 0 saturated carbocycles. The maximum atomic E-state index is 11.7. The number of carbonyl (C=O) groups excluding carboxylic acids is 1. The Hall–Kier alpha value is -2.24. The van der Waals surface area contributed by atoms with Crippen LogP contribution in [-0.4, -0.2) is 25.3 Å². The third kappa shape index (κ3) is 5.76. The zero-order valence-electron chi connectivity index (χ0n) is 13.0. The monoisotopic (exact) mass is 366 g/mol. The van der Waals surface area contributed by atoms with Gasteiger partial charge in [0.25, 0.3) is 5.91 Å². The molecule has 126 valence electrons. The van der Waals surface area contributed by atoms with Crippen molar-refractivity contribution >= 4 is 35.3 Å². The van der Waals surface area contributed by atoms with Crippen LogP contribution in [0.5, 0.6) is 11.5 Å². The van der Waals surface area contributed by atoms with E-state index in [2.05, 4.69) is 10.5 Å². The summed E-state index contributed by atoms with van der Waals surface area (Å²) < 4.78 is 10.8. The van der Waals surface area contributed by atoms with E-state index in [-0.39, 0.29) is 12.5 Å². The van der Waals surface area contributed by atoms with Crippen LogP contribution < -0.4 is 14.9 Å². The summed E-state index contributed by atoms with van der Waals surface area (Å²) in [5, 5.41) is 5.04. The number of carbonyl (C=O) groups is 1. The van der Waals surface area contributed by atoms with Gasteiger partial charge in [-0.25, -0.2) is 5.43 Å². The van der Waals surface area contributed by atoms with Gasteiger partial charge in [0, 0.05) is 15.6 Å². The SMILES string of the molecule is CCOc1ccc(Cl)cc1/C=N\NC(=O)COc1ccc(Cl)cc1. The molecule has 2 aromatic rings. The van der Waals surface area contributed by atoms with Crippen LogP contribution in [0.1, 0.15) is 12.5 Å². The maximum absolute atomic E-state index is 11.7. The highest BCUT2D eigenvalue weighted by molar-refractivity contribution is 6.31. The molecule has 7 heteroatoms. The van der Waals surface area contributed by atoms with Crippen LogP contribution in [0.4, 0.5) is 0 Å². The van der Waals surface area contributed by atoms with Crippen LogP contribution in [-0.2, 0) is 4.79 Å². The first-order valence-corrected chi connectivity index (χ1v) is 7.96. The van der Waals surface area contributed by atoms with Crippen molar-refractivity contribution in [3.8, 4) is 11.5 Å². The van der Waals surface area contributed by atoms with Gasteiger partial charge in [0.2, 0.25) is 0 Å². The van der Waals surface area contributed by atoms with Crippen LogP contribution in [0.3, 0.4) is 0 Å². The van der Waals surface area contributed by atoms with Gasteiger partial charge in [-0.1, -0.05) is 23.2 Å². The summed E-state index contributed by atoms with van der Waals surface area (Å²) in [6, 6.07) is 11.9. The standard InChI is InChI=1S/C17H16Cl2N2O3/c1-2-23-16-8-5-14(19)9-12(16)10-20-21-17(22)11-24-15-6-3-13(18)4-7-15/h3-10H,2,11H2,1H3,(H,21,22)/b20-10-. The van der Waals surface area contributed by atoms with Crippen molar-refractivity contribution in [2.75, 3.05) is 13.2 Å². The third-order valence-electron chi connectivity index (χ3n) is 2.85. The lowest BCUT2D eigenvalue weighted by Crippen LogP contribution is -2.24. The number of nitrogens with one attached hydrogen (secondary N) is 1. The number of hydrogen-bond acceptors (Lipinski definition) is 4. The summed E-state index contributed by atoms with van der Waals surface area (Å²) in [4.78, 5) is 11.7. The molecule has 2 rings (SSSR count). The molecule has 1 amide bonds. The van der Waals surface area contributed by atoms with Crippen molar-refractivity contribution in [3.05, 3.63) is 58.1 Å². The molecule has 24 heavy (non-hydrogen) atoms. The maximum Gasteiger partial charge on any atom is 0.277 e. The smallest absolute Gasteiger partial charge is 0.277 e. The summed E-state index contributed by atoms with van der Waals surface area (Å²) in [7, 11) is 0. The van der Waals surface area contributed by atoms with Crippen molar-refractivity contribution in [1.29, 1.82) is 0 Å². The molecule has 0 radical (unpaired) electrons. The highest BCUT2D eigenvalue weighted by Crippen LogP contribution is 2.21. The largest absolute Gasteiger partial charge is 0.493 e. The summed E-state index contributed by atoms with van der Waals surface area (Å²) in [5.41, 5.74) is 3.05. The minimum absolute atomic E-state index is 0.160. The lowest BCUT2D eigenvalue weighted by molar-refractivity contribution is -0.123. The van der Waals surface area contributed by atoms with E-state index in [9.17, 15) is 4.79 Å². The molecular weight excluding hydrogens is 351 g/mol. The van der Waals surface area contributed by atoms with E-state index in [1.165, 1.54) is 6.21 Å². The number of hydrogen-bond donors (Lipinski definition) is 1. The van der Waals surface area contributed by atoms with Gasteiger partial charge in [-0.05, 0) is 49.4 Å². The minimum Gasteiger partial charge on any atom is -0.493 e. The number of rotatable bonds is 7. The van der Waals surface area contributed by atoms with E-state index in [4.69, 9.17) is 32.7 Å². The Labute approximate surface area is 150 Å². The zero-order valence-corrected chi connectivity index (χ0v) is 14.5. The van der Waals surface area contributed by atoms with E-state index >= 15 is 0 Å². The molecule has 5 nitrogen and oxygen atoms in total. The second-order valence-corrected chi connectivity index (χ2v) is 5.52. The van der Waals surface area contributed by atoms with Gasteiger partial charge >= 0.3 is 0 Å². The quantitative estimate of drug-likeness (QED) is 0.596. The number of ether oxygens (including phenoxy) is 2. The van der Waals surface area contributed by atoms with E-state index < -0.39 is 0 Å². The molecule has 0 aliphatic heterocycles. The molecule has 0 aromatic heterocycles. The van der Waals surface area contributed by atoms with Crippen LogP contribution in [0.25, 0.3) is 0 Å². The predicted octanol–water partition coefficient (Wildman–Crippen LogP) is 3.92. The number of amides is 1. The van der Waals surface area contributed by atoms with Gasteiger partial charge in [0.05, 0.1) is 12.8 Å². The fourth-order valence-corrected chi connectivity index (χ4v) is 2.10. The molecule has 1 N–H and O–H groups in total. The Bertz CT molecular complexity index is 718. The lowest BCUT2D eigenvalue weighted by atomic mass is 10.2. The topological polar surface area (TPSA) is 59.9 Å². The van der Waals surface area contributed by atoms with Crippen molar-refractivity contribution < 1.29 is 14.3 Å². The van der Waals surface area contributed by atoms with Crippen molar-refractivity contribution in [1.82, 2.24) is 5.43 Å². The Balaban J connectivity index is 1.88. The van der Waals surface area contributed by atoms with E-state index in [1.54, 1.807) is 42.5 Å². The van der Waals surface area contributed by atoms with E-state index in [0.717, 1.165) is 0 Å². The minimum atomic E-state index is -0.388. The van der Waals surface area contributed by atoms with Crippen LogP contribution >= 0.6 is 23.2 Å². The number of halogens is 2. The average molecular weight is 367 g/mol. The summed E-state index contributed by atoms with van der Waals surface area (Å²) in [6.45, 7) is 2.24. The Morgan fingerprint density at radius 3 is 2.54 bits per heavy atom. The van der Waals surface area contributed by atoms with Crippen molar-refractivity contribution in [3.63, 3.8) is 0 Å².